The highest BCUT2D eigenvalue weighted by Crippen LogP contribution is 2.40. The molecule has 164 valence electrons. The molecule has 3 rings (SSSR count). The number of carboxylic acid groups (broad SMARTS) is 1. The van der Waals surface area contributed by atoms with Crippen molar-refractivity contribution >= 4 is 17.7 Å². The monoisotopic (exact) mass is 445 g/mol. The predicted molar refractivity (Wildman–Crippen MR) is 107 cm³/mol. The van der Waals surface area contributed by atoms with Gasteiger partial charge in [0.15, 0.2) is 0 Å². The molecule has 0 spiro atoms. The zero-order chi connectivity index (χ0) is 22.3. The Morgan fingerprint density at radius 3 is 2.33 bits per heavy atom. The van der Waals surface area contributed by atoms with Gasteiger partial charge in [-0.3, -0.25) is 0 Å². The van der Waals surface area contributed by atoms with Crippen molar-refractivity contribution in [3.63, 3.8) is 0 Å². The Kier molecular flexibility index (Phi) is 8.54. The molecule has 4 nitrogen and oxygen atoms in total. The van der Waals surface area contributed by atoms with Crippen molar-refractivity contribution in [3.05, 3.63) is 53.3 Å². The van der Waals surface area contributed by atoms with Crippen LogP contribution in [0.2, 0.25) is 0 Å². The lowest BCUT2D eigenvalue weighted by molar-refractivity contribution is -0.192. The van der Waals surface area contributed by atoms with Crippen LogP contribution in [0.4, 0.5) is 17.6 Å². The number of alkyl halides is 3. The highest BCUT2D eigenvalue weighted by atomic mass is 32.2. The quantitative estimate of drug-likeness (QED) is 0.618. The molecule has 0 radical (unpaired) electrons. The minimum atomic E-state index is -5.08. The molecular weight excluding hydrogens is 422 g/mol. The van der Waals surface area contributed by atoms with Crippen LogP contribution in [0.3, 0.4) is 0 Å². The molecule has 0 bridgehead atoms. The minimum absolute atomic E-state index is 0.0759. The average molecular weight is 445 g/mol. The van der Waals surface area contributed by atoms with E-state index in [-0.39, 0.29) is 5.82 Å². The molecule has 2 aromatic carbocycles. The zero-order valence-electron chi connectivity index (χ0n) is 16.6. The zero-order valence-corrected chi connectivity index (χ0v) is 17.4. The molecule has 1 aliphatic heterocycles. The van der Waals surface area contributed by atoms with E-state index < -0.39 is 12.1 Å². The second-order valence-electron chi connectivity index (χ2n) is 6.71. The first-order valence-corrected chi connectivity index (χ1v) is 10.1. The molecule has 30 heavy (non-hydrogen) atoms. The number of methoxy groups -OCH3 is 1. The normalized spacial score (nSPS) is 14.6. The minimum Gasteiger partial charge on any atom is -0.497 e. The number of piperidine rings is 1. The highest BCUT2D eigenvalue weighted by molar-refractivity contribution is 7.99. The fraction of sp³-hybridized carbons (Fsp3) is 0.381. The predicted octanol–water partition coefficient (Wildman–Crippen LogP) is 5.39. The van der Waals surface area contributed by atoms with E-state index in [2.05, 4.69) is 18.3 Å². The van der Waals surface area contributed by atoms with Crippen molar-refractivity contribution in [2.45, 2.75) is 41.7 Å². The molecule has 0 saturated carbocycles. The van der Waals surface area contributed by atoms with Crippen molar-refractivity contribution in [3.8, 4) is 5.75 Å². The van der Waals surface area contributed by atoms with E-state index in [1.165, 1.54) is 0 Å². The van der Waals surface area contributed by atoms with Gasteiger partial charge in [0.1, 0.15) is 11.6 Å². The van der Waals surface area contributed by atoms with Crippen LogP contribution in [0.15, 0.2) is 46.2 Å². The lowest BCUT2D eigenvalue weighted by Crippen LogP contribution is -2.27. The fourth-order valence-corrected chi connectivity index (χ4v) is 4.21. The number of benzene rings is 2. The summed E-state index contributed by atoms with van der Waals surface area (Å²) in [5.41, 5.74) is 2.03. The van der Waals surface area contributed by atoms with Gasteiger partial charge in [0, 0.05) is 15.4 Å². The third kappa shape index (κ3) is 6.63. The first-order valence-electron chi connectivity index (χ1n) is 9.25. The summed E-state index contributed by atoms with van der Waals surface area (Å²) < 4.78 is 51.5. The van der Waals surface area contributed by atoms with E-state index >= 15 is 0 Å². The first-order chi connectivity index (χ1) is 14.1. The Morgan fingerprint density at radius 1 is 1.17 bits per heavy atom. The van der Waals surface area contributed by atoms with Gasteiger partial charge in [-0.1, -0.05) is 17.8 Å². The Bertz CT molecular complexity index is 868. The summed E-state index contributed by atoms with van der Waals surface area (Å²) in [4.78, 5) is 11.1. The van der Waals surface area contributed by atoms with Crippen LogP contribution >= 0.6 is 11.8 Å². The standard InChI is InChI=1S/C19H22FNOS.C2HF3O2/c1-13-12-15(22-2)6-7-17(13)23-18-5-3-4-16(20)19(18)14-8-10-21-11-9-14;3-2(4,5)1(6)7/h3-7,12,14,21H,8-11H2,1-2H3;(H,6,7). The van der Waals surface area contributed by atoms with Crippen molar-refractivity contribution in [2.75, 3.05) is 20.2 Å². The highest BCUT2D eigenvalue weighted by Gasteiger charge is 2.38. The van der Waals surface area contributed by atoms with Gasteiger partial charge in [-0.2, -0.15) is 13.2 Å². The fourth-order valence-electron chi connectivity index (χ4n) is 3.09. The van der Waals surface area contributed by atoms with Gasteiger partial charge < -0.3 is 15.2 Å². The molecule has 2 N–H and O–H groups in total. The summed E-state index contributed by atoms with van der Waals surface area (Å²) in [5, 5.41) is 10.5. The largest absolute Gasteiger partial charge is 0.497 e. The van der Waals surface area contributed by atoms with Crippen molar-refractivity contribution in [1.29, 1.82) is 0 Å². The second kappa shape index (κ2) is 10.7. The van der Waals surface area contributed by atoms with E-state index in [1.54, 1.807) is 31.0 Å². The van der Waals surface area contributed by atoms with E-state index in [0.717, 1.165) is 52.6 Å². The maximum absolute atomic E-state index is 14.5. The van der Waals surface area contributed by atoms with Crippen LogP contribution < -0.4 is 10.1 Å². The van der Waals surface area contributed by atoms with Crippen LogP contribution in [0.25, 0.3) is 0 Å². The van der Waals surface area contributed by atoms with E-state index in [4.69, 9.17) is 14.6 Å². The summed E-state index contributed by atoms with van der Waals surface area (Å²) >= 11 is 1.65. The number of hydrogen-bond donors (Lipinski definition) is 2. The first kappa shape index (κ1) is 24.0. The number of nitrogens with one attached hydrogen (secondary N) is 1. The van der Waals surface area contributed by atoms with Crippen molar-refractivity contribution < 1.29 is 32.2 Å². The lowest BCUT2D eigenvalue weighted by Gasteiger charge is -2.25. The topological polar surface area (TPSA) is 58.6 Å². The van der Waals surface area contributed by atoms with Crippen LogP contribution in [0, 0.1) is 12.7 Å². The molecule has 1 heterocycles. The summed E-state index contributed by atoms with van der Waals surface area (Å²) in [5.74, 6) is -1.68. The number of aryl methyl sites for hydroxylation is 1. The Labute approximate surface area is 176 Å². The third-order valence-electron chi connectivity index (χ3n) is 4.60. The molecule has 1 fully saturated rings. The van der Waals surface area contributed by atoms with Gasteiger partial charge in [-0.15, -0.1) is 0 Å². The Morgan fingerprint density at radius 2 is 1.80 bits per heavy atom. The van der Waals surface area contributed by atoms with Gasteiger partial charge in [0.2, 0.25) is 0 Å². The number of halogens is 4. The van der Waals surface area contributed by atoms with Gasteiger partial charge in [-0.25, -0.2) is 9.18 Å². The van der Waals surface area contributed by atoms with Crippen molar-refractivity contribution in [1.82, 2.24) is 5.32 Å². The van der Waals surface area contributed by atoms with Crippen LogP contribution in [-0.4, -0.2) is 37.5 Å². The SMILES string of the molecule is COc1ccc(Sc2cccc(F)c2C2CCNCC2)c(C)c1.O=C(O)C(F)(F)F. The maximum Gasteiger partial charge on any atom is 0.490 e. The number of ether oxygens (including phenoxy) is 1. The molecule has 0 aliphatic carbocycles. The van der Waals surface area contributed by atoms with Gasteiger partial charge >= 0.3 is 12.1 Å². The molecule has 0 aromatic heterocycles. The van der Waals surface area contributed by atoms with Gasteiger partial charge in [0.05, 0.1) is 7.11 Å². The number of aliphatic carboxylic acids is 1. The van der Waals surface area contributed by atoms with Gasteiger partial charge in [0.25, 0.3) is 0 Å². The molecule has 0 amide bonds. The summed E-state index contributed by atoms with van der Waals surface area (Å²) in [7, 11) is 1.67. The van der Waals surface area contributed by atoms with Crippen LogP contribution in [0.1, 0.15) is 29.9 Å². The summed E-state index contributed by atoms with van der Waals surface area (Å²) in [6, 6.07) is 11.5. The summed E-state index contributed by atoms with van der Waals surface area (Å²) in [6.45, 7) is 3.99. The van der Waals surface area contributed by atoms with Crippen molar-refractivity contribution in [2.24, 2.45) is 0 Å². The molecule has 0 unspecified atom stereocenters. The number of carboxylic acids is 1. The van der Waals surface area contributed by atoms with Crippen LogP contribution in [-0.2, 0) is 4.79 Å². The smallest absolute Gasteiger partial charge is 0.490 e. The Hall–Kier alpha value is -2.26. The van der Waals surface area contributed by atoms with E-state index in [9.17, 15) is 17.6 Å². The second-order valence-corrected chi connectivity index (χ2v) is 7.80. The number of hydrogen-bond acceptors (Lipinski definition) is 4. The molecule has 0 atom stereocenters. The number of carbonyl (C=O) groups is 1. The maximum atomic E-state index is 14.5. The van der Waals surface area contributed by atoms with E-state index in [1.807, 2.05) is 18.2 Å². The Balaban J connectivity index is 0.000000396. The molecular formula is C21H23F4NO3S. The van der Waals surface area contributed by atoms with E-state index in [0.29, 0.717) is 5.92 Å². The number of rotatable bonds is 4. The molecule has 9 heteroatoms. The third-order valence-corrected chi connectivity index (χ3v) is 5.86. The van der Waals surface area contributed by atoms with Crippen LogP contribution in [0.5, 0.6) is 5.75 Å². The molecule has 1 saturated heterocycles. The summed E-state index contributed by atoms with van der Waals surface area (Å²) in [6.07, 6.45) is -3.09. The average Bonchev–Trinajstić information content (AvgIpc) is 2.70. The molecule has 2 aromatic rings. The lowest BCUT2D eigenvalue weighted by atomic mass is 9.90. The molecule has 1 aliphatic rings. The van der Waals surface area contributed by atoms with Gasteiger partial charge in [-0.05, 0) is 74.7 Å².